The Kier molecular flexibility index (Phi) is 4.44. The van der Waals surface area contributed by atoms with E-state index in [-0.39, 0.29) is 0 Å². The van der Waals surface area contributed by atoms with Gasteiger partial charge in [-0.3, -0.25) is 9.89 Å². The Morgan fingerprint density at radius 3 is 2.92 bits per heavy atom. The Balaban J connectivity index is 1.42. The van der Waals surface area contributed by atoms with Crippen molar-refractivity contribution in [1.82, 2.24) is 20.4 Å². The molecule has 2 saturated heterocycles. The minimum absolute atomic E-state index is 0.298. The average Bonchev–Trinajstić information content (AvgIpc) is 3.27. The fraction of sp³-hybridized carbons (Fsp3) is 0.474. The summed E-state index contributed by atoms with van der Waals surface area (Å²) in [4.78, 5) is 14.4. The summed E-state index contributed by atoms with van der Waals surface area (Å²) in [5.41, 5.74) is 3.20. The molecule has 0 radical (unpaired) electrons. The zero-order valence-electron chi connectivity index (χ0n) is 14.5. The molecule has 1 amide bonds. The number of ether oxygens (including phenoxy) is 1. The maximum atomic E-state index is 12.4. The van der Waals surface area contributed by atoms with Crippen LogP contribution in [0.5, 0.6) is 5.75 Å². The molecule has 1 atom stereocenters. The van der Waals surface area contributed by atoms with Gasteiger partial charge in [-0.05, 0) is 49.2 Å². The summed E-state index contributed by atoms with van der Waals surface area (Å²) in [5, 5.41) is 10.4. The van der Waals surface area contributed by atoms with E-state index in [1.165, 1.54) is 5.56 Å². The number of aromatic amines is 1. The fourth-order valence-corrected chi connectivity index (χ4v) is 3.75. The third-order valence-corrected chi connectivity index (χ3v) is 5.35. The van der Waals surface area contributed by atoms with Gasteiger partial charge in [-0.2, -0.15) is 5.10 Å². The van der Waals surface area contributed by atoms with Crippen molar-refractivity contribution >= 4 is 5.91 Å². The monoisotopic (exact) mass is 340 g/mol. The second kappa shape index (κ2) is 6.88. The van der Waals surface area contributed by atoms with Crippen molar-refractivity contribution in [3.05, 3.63) is 36.0 Å². The first-order valence-corrected chi connectivity index (χ1v) is 8.90. The van der Waals surface area contributed by atoms with Crippen LogP contribution in [0.2, 0.25) is 0 Å². The van der Waals surface area contributed by atoms with E-state index in [1.54, 1.807) is 13.3 Å². The van der Waals surface area contributed by atoms with E-state index in [2.05, 4.69) is 27.6 Å². The third kappa shape index (κ3) is 3.26. The first kappa shape index (κ1) is 16.1. The smallest absolute Gasteiger partial charge is 0.222 e. The van der Waals surface area contributed by atoms with E-state index < -0.39 is 0 Å². The van der Waals surface area contributed by atoms with Crippen molar-refractivity contribution < 1.29 is 9.53 Å². The van der Waals surface area contributed by atoms with E-state index in [4.69, 9.17) is 4.74 Å². The number of amides is 1. The lowest BCUT2D eigenvalue weighted by molar-refractivity contribution is -0.136. The van der Waals surface area contributed by atoms with Gasteiger partial charge in [0.15, 0.2) is 0 Å². The Labute approximate surface area is 147 Å². The quantitative estimate of drug-likeness (QED) is 0.873. The van der Waals surface area contributed by atoms with Gasteiger partial charge in [0, 0.05) is 37.2 Å². The molecule has 2 aliphatic rings. The molecule has 6 heteroatoms. The number of nitrogens with one attached hydrogen (secondary N) is 2. The molecule has 132 valence electrons. The normalized spacial score (nSPS) is 20.5. The molecule has 2 aromatic rings. The lowest BCUT2D eigenvalue weighted by atomic mass is 9.89. The Bertz CT molecular complexity index is 732. The Morgan fingerprint density at radius 1 is 1.36 bits per heavy atom. The van der Waals surface area contributed by atoms with Gasteiger partial charge in [0.1, 0.15) is 5.75 Å². The van der Waals surface area contributed by atoms with Gasteiger partial charge in [-0.1, -0.05) is 6.07 Å². The number of aromatic nitrogens is 2. The van der Waals surface area contributed by atoms with Crippen LogP contribution in [0.3, 0.4) is 0 Å². The number of benzene rings is 1. The zero-order chi connectivity index (χ0) is 17.2. The predicted molar refractivity (Wildman–Crippen MR) is 95.5 cm³/mol. The van der Waals surface area contributed by atoms with Crippen LogP contribution in [-0.4, -0.2) is 54.3 Å². The standard InChI is InChI=1S/C19H24N4O2/c1-25-18-3-2-14(9-16(18)17-5-7-21-22-17)15-11-23(12-15)19(24)8-13-4-6-20-10-13/h2-3,5,7,9,13,15,20H,4,6,8,10-12H2,1H3,(H,21,22)/t13-/m0/s1. The molecule has 0 aliphatic carbocycles. The molecule has 6 nitrogen and oxygen atoms in total. The maximum Gasteiger partial charge on any atom is 0.222 e. The van der Waals surface area contributed by atoms with E-state index in [1.807, 2.05) is 17.0 Å². The average molecular weight is 340 g/mol. The van der Waals surface area contributed by atoms with Gasteiger partial charge in [0.2, 0.25) is 5.91 Å². The van der Waals surface area contributed by atoms with Gasteiger partial charge in [-0.25, -0.2) is 0 Å². The highest BCUT2D eigenvalue weighted by molar-refractivity contribution is 5.78. The molecule has 3 heterocycles. The van der Waals surface area contributed by atoms with Crippen molar-refractivity contribution in [3.8, 4) is 17.0 Å². The van der Waals surface area contributed by atoms with Gasteiger partial charge in [0.25, 0.3) is 0 Å². The van der Waals surface area contributed by atoms with Crippen molar-refractivity contribution in [2.24, 2.45) is 5.92 Å². The minimum Gasteiger partial charge on any atom is -0.496 e. The largest absolute Gasteiger partial charge is 0.496 e. The molecular formula is C19H24N4O2. The summed E-state index contributed by atoms with van der Waals surface area (Å²) in [6.45, 7) is 3.65. The van der Waals surface area contributed by atoms with Crippen molar-refractivity contribution in [2.45, 2.75) is 18.8 Å². The van der Waals surface area contributed by atoms with Crippen LogP contribution in [0.4, 0.5) is 0 Å². The number of methoxy groups -OCH3 is 1. The molecule has 25 heavy (non-hydrogen) atoms. The van der Waals surface area contributed by atoms with Gasteiger partial charge in [-0.15, -0.1) is 0 Å². The van der Waals surface area contributed by atoms with Gasteiger partial charge >= 0.3 is 0 Å². The number of hydrogen-bond acceptors (Lipinski definition) is 4. The molecule has 0 unspecified atom stereocenters. The van der Waals surface area contributed by atoms with Crippen molar-refractivity contribution in [3.63, 3.8) is 0 Å². The SMILES string of the molecule is COc1ccc(C2CN(C(=O)C[C@@H]3CCNC3)C2)cc1-c1ccn[nH]1. The van der Waals surface area contributed by atoms with E-state index >= 15 is 0 Å². The summed E-state index contributed by atoms with van der Waals surface area (Å²) >= 11 is 0. The molecule has 1 aromatic carbocycles. The number of carbonyl (C=O) groups is 1. The van der Waals surface area contributed by atoms with Crippen molar-refractivity contribution in [2.75, 3.05) is 33.3 Å². The van der Waals surface area contributed by atoms with Gasteiger partial charge < -0.3 is 15.0 Å². The lowest BCUT2D eigenvalue weighted by Gasteiger charge is -2.40. The highest BCUT2D eigenvalue weighted by Gasteiger charge is 2.33. The third-order valence-electron chi connectivity index (χ3n) is 5.35. The summed E-state index contributed by atoms with van der Waals surface area (Å²) < 4.78 is 5.47. The van der Waals surface area contributed by atoms with Gasteiger partial charge in [0.05, 0.1) is 12.8 Å². The molecule has 4 rings (SSSR count). The van der Waals surface area contributed by atoms with E-state index in [0.29, 0.717) is 24.2 Å². The molecule has 0 bridgehead atoms. The van der Waals surface area contributed by atoms with Crippen LogP contribution in [-0.2, 0) is 4.79 Å². The van der Waals surface area contributed by atoms with Crippen LogP contribution < -0.4 is 10.1 Å². The summed E-state index contributed by atoms with van der Waals surface area (Å²) in [6.07, 6.45) is 3.54. The molecule has 0 saturated carbocycles. The second-order valence-corrected chi connectivity index (χ2v) is 6.99. The predicted octanol–water partition coefficient (Wildman–Crippen LogP) is 2.01. The number of hydrogen-bond donors (Lipinski definition) is 2. The van der Waals surface area contributed by atoms with Crippen LogP contribution in [0.15, 0.2) is 30.5 Å². The number of nitrogens with zero attached hydrogens (tertiary/aromatic N) is 2. The second-order valence-electron chi connectivity index (χ2n) is 6.99. The van der Waals surface area contributed by atoms with E-state index in [0.717, 1.165) is 49.6 Å². The van der Waals surface area contributed by atoms with Crippen LogP contribution in [0.1, 0.15) is 24.3 Å². The maximum absolute atomic E-state index is 12.4. The van der Waals surface area contributed by atoms with Crippen LogP contribution in [0.25, 0.3) is 11.3 Å². The summed E-state index contributed by atoms with van der Waals surface area (Å²) in [7, 11) is 1.68. The number of rotatable bonds is 5. The van der Waals surface area contributed by atoms with Crippen LogP contribution in [0, 0.1) is 5.92 Å². The molecule has 2 N–H and O–H groups in total. The molecule has 2 fully saturated rings. The fourth-order valence-electron chi connectivity index (χ4n) is 3.75. The highest BCUT2D eigenvalue weighted by Crippen LogP contribution is 2.35. The Morgan fingerprint density at radius 2 is 2.24 bits per heavy atom. The van der Waals surface area contributed by atoms with Crippen LogP contribution >= 0.6 is 0 Å². The Hall–Kier alpha value is -2.34. The molecule has 1 aromatic heterocycles. The highest BCUT2D eigenvalue weighted by atomic mass is 16.5. The lowest BCUT2D eigenvalue weighted by Crippen LogP contribution is -2.49. The molecule has 2 aliphatic heterocycles. The summed E-state index contributed by atoms with van der Waals surface area (Å²) in [6, 6.07) is 8.19. The first-order valence-electron chi connectivity index (χ1n) is 8.90. The number of likely N-dealkylation sites (tertiary alicyclic amines) is 1. The minimum atomic E-state index is 0.298. The van der Waals surface area contributed by atoms with E-state index in [9.17, 15) is 4.79 Å². The number of H-pyrrole nitrogens is 1. The molecule has 0 spiro atoms. The van der Waals surface area contributed by atoms with Crippen molar-refractivity contribution in [1.29, 1.82) is 0 Å². The zero-order valence-corrected chi connectivity index (χ0v) is 14.5. The number of carbonyl (C=O) groups excluding carboxylic acids is 1. The summed E-state index contributed by atoms with van der Waals surface area (Å²) in [5.74, 6) is 2.04. The topological polar surface area (TPSA) is 70.2 Å². The molecular weight excluding hydrogens is 316 g/mol. The first-order chi connectivity index (χ1) is 12.2.